The van der Waals surface area contributed by atoms with Gasteiger partial charge in [-0.05, 0) is 19.6 Å². The van der Waals surface area contributed by atoms with Crippen LogP contribution in [0.3, 0.4) is 0 Å². The van der Waals surface area contributed by atoms with Gasteiger partial charge in [0.25, 0.3) is 0 Å². The first kappa shape index (κ1) is 15.4. The van der Waals surface area contributed by atoms with Crippen molar-refractivity contribution in [1.29, 1.82) is 0 Å². The van der Waals surface area contributed by atoms with E-state index in [0.29, 0.717) is 13.2 Å². The summed E-state index contributed by atoms with van der Waals surface area (Å²) in [5.41, 5.74) is 0. The van der Waals surface area contributed by atoms with Crippen molar-refractivity contribution in [2.24, 2.45) is 5.92 Å². The molecule has 0 aromatic carbocycles. The minimum absolute atomic E-state index is 0.0306. The largest absolute Gasteiger partial charge is 0.481 e. The van der Waals surface area contributed by atoms with E-state index in [9.17, 15) is 9.90 Å². The van der Waals surface area contributed by atoms with Crippen LogP contribution >= 0.6 is 0 Å². The Balaban J connectivity index is 2.51. The van der Waals surface area contributed by atoms with Crippen molar-refractivity contribution in [2.75, 3.05) is 45.9 Å². The molecule has 18 heavy (non-hydrogen) atoms. The summed E-state index contributed by atoms with van der Waals surface area (Å²) in [4.78, 5) is 15.8. The Kier molecular flexibility index (Phi) is 6.60. The molecule has 1 N–H and O–H groups in total. The van der Waals surface area contributed by atoms with E-state index in [-0.39, 0.29) is 12.0 Å². The highest BCUT2D eigenvalue weighted by Gasteiger charge is 2.37. The second-order valence-corrected chi connectivity index (χ2v) is 4.71. The zero-order valence-electron chi connectivity index (χ0n) is 11.8. The fourth-order valence-electron chi connectivity index (χ4n) is 2.51. The van der Waals surface area contributed by atoms with E-state index >= 15 is 0 Å². The summed E-state index contributed by atoms with van der Waals surface area (Å²) < 4.78 is 5.34. The van der Waals surface area contributed by atoms with E-state index in [1.54, 1.807) is 0 Å². The Morgan fingerprint density at radius 3 is 2.33 bits per heavy atom. The van der Waals surface area contributed by atoms with Crippen LogP contribution in [-0.4, -0.2) is 72.9 Å². The van der Waals surface area contributed by atoms with Crippen molar-refractivity contribution in [2.45, 2.75) is 26.8 Å². The molecule has 5 nitrogen and oxygen atoms in total. The van der Waals surface area contributed by atoms with Crippen LogP contribution in [0.2, 0.25) is 0 Å². The predicted molar refractivity (Wildman–Crippen MR) is 70.8 cm³/mol. The highest BCUT2D eigenvalue weighted by Crippen LogP contribution is 2.19. The third-order valence-electron chi connectivity index (χ3n) is 3.84. The van der Waals surface area contributed by atoms with Crippen LogP contribution in [0.25, 0.3) is 0 Å². The van der Waals surface area contributed by atoms with Gasteiger partial charge in [-0.2, -0.15) is 0 Å². The third-order valence-corrected chi connectivity index (χ3v) is 3.84. The van der Waals surface area contributed by atoms with E-state index in [0.717, 1.165) is 32.7 Å². The van der Waals surface area contributed by atoms with Crippen molar-refractivity contribution >= 4 is 5.97 Å². The van der Waals surface area contributed by atoms with Crippen molar-refractivity contribution in [3.63, 3.8) is 0 Å². The minimum atomic E-state index is -0.737. The van der Waals surface area contributed by atoms with Crippen LogP contribution < -0.4 is 0 Å². The highest BCUT2D eigenvalue weighted by molar-refractivity contribution is 5.71. The molecule has 0 saturated carbocycles. The van der Waals surface area contributed by atoms with Crippen LogP contribution in [0.4, 0.5) is 0 Å². The number of carbonyl (C=O) groups is 1. The number of hydrogen-bond acceptors (Lipinski definition) is 4. The molecule has 5 heteroatoms. The second kappa shape index (κ2) is 7.71. The molecule has 1 rings (SSSR count). The molecule has 106 valence electrons. The van der Waals surface area contributed by atoms with Crippen molar-refractivity contribution in [1.82, 2.24) is 9.80 Å². The van der Waals surface area contributed by atoms with Crippen LogP contribution in [0.1, 0.15) is 20.8 Å². The average Bonchev–Trinajstić information content (AvgIpc) is 2.84. The molecule has 1 aliphatic rings. The summed E-state index contributed by atoms with van der Waals surface area (Å²) in [5.74, 6) is -1.11. The Morgan fingerprint density at radius 1 is 1.17 bits per heavy atom. The first-order valence-corrected chi connectivity index (χ1v) is 6.90. The molecule has 1 heterocycles. The first-order valence-electron chi connectivity index (χ1n) is 6.90. The molecular weight excluding hydrogens is 232 g/mol. The normalized spacial score (nSPS) is 24.1. The Bertz CT molecular complexity index is 257. The number of carboxylic acids is 1. The quantitative estimate of drug-likeness (QED) is 0.696. The Morgan fingerprint density at radius 2 is 1.83 bits per heavy atom. The zero-order chi connectivity index (χ0) is 13.5. The van der Waals surface area contributed by atoms with Crippen molar-refractivity contribution in [3.05, 3.63) is 0 Å². The lowest BCUT2D eigenvalue weighted by atomic mass is 10.0. The van der Waals surface area contributed by atoms with Gasteiger partial charge in [0, 0.05) is 19.1 Å². The molecule has 1 saturated heterocycles. The van der Waals surface area contributed by atoms with Gasteiger partial charge >= 0.3 is 5.97 Å². The van der Waals surface area contributed by atoms with Gasteiger partial charge in [0.1, 0.15) is 0 Å². The van der Waals surface area contributed by atoms with E-state index in [1.807, 2.05) is 0 Å². The Hall–Kier alpha value is -0.650. The van der Waals surface area contributed by atoms with Gasteiger partial charge in [-0.3, -0.25) is 9.69 Å². The van der Waals surface area contributed by atoms with Crippen molar-refractivity contribution < 1.29 is 14.6 Å². The fourth-order valence-corrected chi connectivity index (χ4v) is 2.51. The number of likely N-dealkylation sites (N-methyl/N-ethyl adjacent to an activating group) is 2. The number of ether oxygens (including phenoxy) is 1. The SMILES string of the molecule is CCN(CC)CCN(CC)C1COCC1C(=O)O. The van der Waals surface area contributed by atoms with Crippen LogP contribution in [0.5, 0.6) is 0 Å². The van der Waals surface area contributed by atoms with E-state index < -0.39 is 5.97 Å². The van der Waals surface area contributed by atoms with Gasteiger partial charge in [0.15, 0.2) is 0 Å². The number of aliphatic carboxylic acids is 1. The Labute approximate surface area is 110 Å². The number of rotatable bonds is 8. The minimum Gasteiger partial charge on any atom is -0.481 e. The standard InChI is InChI=1S/C13H26N2O3/c1-4-14(5-2)7-8-15(6-3)12-10-18-9-11(12)13(16)17/h11-12H,4-10H2,1-3H3,(H,16,17). The fraction of sp³-hybridized carbons (Fsp3) is 0.923. The number of nitrogens with zero attached hydrogens (tertiary/aromatic N) is 2. The van der Waals surface area contributed by atoms with Gasteiger partial charge in [0.05, 0.1) is 19.1 Å². The lowest BCUT2D eigenvalue weighted by molar-refractivity contribution is -0.143. The van der Waals surface area contributed by atoms with Gasteiger partial charge in [-0.1, -0.05) is 20.8 Å². The first-order chi connectivity index (χ1) is 8.63. The smallest absolute Gasteiger partial charge is 0.310 e. The monoisotopic (exact) mass is 258 g/mol. The lowest BCUT2D eigenvalue weighted by Crippen LogP contribution is -2.46. The summed E-state index contributed by atoms with van der Waals surface area (Å²) in [6.45, 7) is 12.1. The molecule has 0 aromatic heterocycles. The summed E-state index contributed by atoms with van der Waals surface area (Å²) in [5, 5.41) is 9.18. The summed E-state index contributed by atoms with van der Waals surface area (Å²) >= 11 is 0. The van der Waals surface area contributed by atoms with Gasteiger partial charge in [-0.15, -0.1) is 0 Å². The van der Waals surface area contributed by atoms with Crippen LogP contribution in [0.15, 0.2) is 0 Å². The predicted octanol–water partition coefficient (Wildman–Crippen LogP) is 0.750. The molecule has 0 spiro atoms. The maximum Gasteiger partial charge on any atom is 0.310 e. The van der Waals surface area contributed by atoms with Crippen LogP contribution in [-0.2, 0) is 9.53 Å². The molecule has 0 aromatic rings. The van der Waals surface area contributed by atoms with E-state index in [2.05, 4.69) is 30.6 Å². The molecule has 2 unspecified atom stereocenters. The van der Waals surface area contributed by atoms with Gasteiger partial charge < -0.3 is 14.7 Å². The molecular formula is C13H26N2O3. The maximum atomic E-state index is 11.2. The molecule has 2 atom stereocenters. The molecule has 1 fully saturated rings. The van der Waals surface area contributed by atoms with Gasteiger partial charge in [-0.25, -0.2) is 0 Å². The van der Waals surface area contributed by atoms with Crippen LogP contribution in [0, 0.1) is 5.92 Å². The molecule has 0 bridgehead atoms. The summed E-state index contributed by atoms with van der Waals surface area (Å²) in [7, 11) is 0. The third kappa shape index (κ3) is 3.93. The second-order valence-electron chi connectivity index (χ2n) is 4.71. The summed E-state index contributed by atoms with van der Waals surface area (Å²) in [6, 6.07) is 0.0306. The zero-order valence-corrected chi connectivity index (χ0v) is 11.8. The lowest BCUT2D eigenvalue weighted by Gasteiger charge is -2.31. The molecule has 0 amide bonds. The summed E-state index contributed by atoms with van der Waals surface area (Å²) in [6.07, 6.45) is 0. The van der Waals surface area contributed by atoms with Crippen molar-refractivity contribution in [3.8, 4) is 0 Å². The van der Waals surface area contributed by atoms with E-state index in [1.165, 1.54) is 0 Å². The molecule has 0 radical (unpaired) electrons. The van der Waals surface area contributed by atoms with Gasteiger partial charge in [0.2, 0.25) is 0 Å². The van der Waals surface area contributed by atoms with E-state index in [4.69, 9.17) is 4.74 Å². The highest BCUT2D eigenvalue weighted by atomic mass is 16.5. The molecule has 0 aliphatic carbocycles. The molecule has 1 aliphatic heterocycles. The topological polar surface area (TPSA) is 53.0 Å². The average molecular weight is 258 g/mol. The number of hydrogen-bond donors (Lipinski definition) is 1. The maximum absolute atomic E-state index is 11.2. The number of carboxylic acid groups (broad SMARTS) is 1.